The minimum Gasteiger partial charge on any atom is -0.361 e. The Bertz CT molecular complexity index is 1260. The van der Waals surface area contributed by atoms with Crippen molar-refractivity contribution in [3.63, 3.8) is 0 Å². The van der Waals surface area contributed by atoms with E-state index in [1.807, 2.05) is 77.6 Å². The third-order valence-corrected chi connectivity index (χ3v) is 5.43. The fourth-order valence-corrected chi connectivity index (χ4v) is 3.65. The first kappa shape index (κ1) is 19.7. The van der Waals surface area contributed by atoms with Gasteiger partial charge in [-0.25, -0.2) is 0 Å². The summed E-state index contributed by atoms with van der Waals surface area (Å²) in [5, 5.41) is 13.5. The molecule has 148 valence electrons. The highest BCUT2D eigenvalue weighted by molar-refractivity contribution is 9.10. The molecule has 0 aliphatic carbocycles. The van der Waals surface area contributed by atoms with Crippen molar-refractivity contribution in [3.8, 4) is 11.8 Å². The van der Waals surface area contributed by atoms with Gasteiger partial charge < -0.3 is 14.9 Å². The van der Waals surface area contributed by atoms with Crippen molar-refractivity contribution < 1.29 is 4.79 Å². The Balaban J connectivity index is 1.46. The van der Waals surface area contributed by atoms with Gasteiger partial charge in [-0.05, 0) is 60.5 Å². The van der Waals surface area contributed by atoms with Gasteiger partial charge in [0.15, 0.2) is 0 Å². The number of nitriles is 1. The topological polar surface area (TPSA) is 73.6 Å². The lowest BCUT2D eigenvalue weighted by Crippen LogP contribution is -2.26. The Labute approximate surface area is 182 Å². The molecule has 0 bridgehead atoms. The average Bonchev–Trinajstić information content (AvgIpc) is 3.39. The summed E-state index contributed by atoms with van der Waals surface area (Å²) in [4.78, 5) is 15.8. The van der Waals surface area contributed by atoms with Crippen LogP contribution in [0.2, 0.25) is 0 Å². The molecule has 0 radical (unpaired) electrons. The normalized spacial score (nSPS) is 11.4. The lowest BCUT2D eigenvalue weighted by Gasteiger charge is -2.08. The Morgan fingerprint density at radius 1 is 1.13 bits per heavy atom. The number of hydrogen-bond donors (Lipinski definition) is 2. The van der Waals surface area contributed by atoms with Crippen LogP contribution in [-0.4, -0.2) is 22.0 Å². The molecule has 0 spiro atoms. The molecule has 0 atom stereocenters. The number of nitrogens with zero attached hydrogens (tertiary/aromatic N) is 2. The average molecular weight is 459 g/mol. The molecular weight excluding hydrogens is 440 g/mol. The van der Waals surface area contributed by atoms with Crippen LogP contribution in [0.5, 0.6) is 0 Å². The lowest BCUT2D eigenvalue weighted by molar-refractivity contribution is -0.117. The first-order valence-electron chi connectivity index (χ1n) is 9.54. The highest BCUT2D eigenvalue weighted by Gasteiger charge is 2.11. The third kappa shape index (κ3) is 4.22. The predicted octanol–water partition coefficient (Wildman–Crippen LogP) is 4.99. The van der Waals surface area contributed by atoms with Crippen LogP contribution in [-0.2, 0) is 11.2 Å². The molecule has 2 N–H and O–H groups in total. The van der Waals surface area contributed by atoms with Crippen LogP contribution in [0.1, 0.15) is 11.3 Å². The number of benzene rings is 2. The molecule has 0 saturated carbocycles. The quantitative estimate of drug-likeness (QED) is 0.315. The second-order valence-corrected chi connectivity index (χ2v) is 7.73. The van der Waals surface area contributed by atoms with Gasteiger partial charge in [0.1, 0.15) is 11.6 Å². The number of para-hydroxylation sites is 1. The van der Waals surface area contributed by atoms with Crippen LogP contribution >= 0.6 is 15.9 Å². The molecule has 0 aliphatic rings. The molecule has 5 nitrogen and oxygen atoms in total. The summed E-state index contributed by atoms with van der Waals surface area (Å²) in [5.41, 5.74) is 4.00. The van der Waals surface area contributed by atoms with Crippen LogP contribution in [0.4, 0.5) is 0 Å². The number of carbonyl (C=O) groups is 1. The minimum atomic E-state index is -0.374. The number of aromatic nitrogens is 2. The van der Waals surface area contributed by atoms with Gasteiger partial charge in [-0.15, -0.1) is 0 Å². The van der Waals surface area contributed by atoms with Gasteiger partial charge in [-0.1, -0.05) is 34.1 Å². The molecule has 4 aromatic rings. The number of H-pyrrole nitrogens is 1. The molecule has 2 heterocycles. The van der Waals surface area contributed by atoms with Gasteiger partial charge >= 0.3 is 0 Å². The number of fused-ring (bicyclic) bond motifs is 1. The van der Waals surface area contributed by atoms with Gasteiger partial charge in [-0.3, -0.25) is 4.79 Å². The van der Waals surface area contributed by atoms with E-state index in [0.29, 0.717) is 13.0 Å². The number of halogens is 1. The maximum atomic E-state index is 12.6. The zero-order chi connectivity index (χ0) is 20.9. The van der Waals surface area contributed by atoms with Crippen LogP contribution < -0.4 is 5.32 Å². The van der Waals surface area contributed by atoms with E-state index in [4.69, 9.17) is 0 Å². The van der Waals surface area contributed by atoms with Crippen molar-refractivity contribution in [2.75, 3.05) is 6.54 Å². The van der Waals surface area contributed by atoms with Crippen molar-refractivity contribution in [2.45, 2.75) is 6.42 Å². The van der Waals surface area contributed by atoms with E-state index in [0.717, 1.165) is 32.3 Å². The SMILES string of the molecule is N#C/C(=C/c1cccn1-c1ccc(Br)cc1)C(=O)NCCc1c[nH]c2ccccc12. The Morgan fingerprint density at radius 2 is 1.93 bits per heavy atom. The molecule has 0 saturated heterocycles. The highest BCUT2D eigenvalue weighted by Crippen LogP contribution is 2.19. The monoisotopic (exact) mass is 458 g/mol. The Morgan fingerprint density at radius 3 is 2.73 bits per heavy atom. The number of amides is 1. The first-order chi connectivity index (χ1) is 14.7. The fraction of sp³-hybridized carbons (Fsp3) is 0.0833. The van der Waals surface area contributed by atoms with E-state index in [2.05, 4.69) is 32.3 Å². The second-order valence-electron chi connectivity index (χ2n) is 6.81. The van der Waals surface area contributed by atoms with Crippen LogP contribution in [0, 0.1) is 11.3 Å². The lowest BCUT2D eigenvalue weighted by atomic mass is 10.1. The molecular formula is C24H19BrN4O. The molecule has 2 aromatic carbocycles. The van der Waals surface area contributed by atoms with Gasteiger partial charge in [-0.2, -0.15) is 5.26 Å². The van der Waals surface area contributed by atoms with E-state index in [1.165, 1.54) is 0 Å². The Kier molecular flexibility index (Phi) is 5.82. The summed E-state index contributed by atoms with van der Waals surface area (Å²) < 4.78 is 2.92. The van der Waals surface area contributed by atoms with E-state index in [-0.39, 0.29) is 11.5 Å². The van der Waals surface area contributed by atoms with Crippen molar-refractivity contribution in [3.05, 3.63) is 94.4 Å². The maximum absolute atomic E-state index is 12.6. The number of nitrogens with one attached hydrogen (secondary N) is 2. The van der Waals surface area contributed by atoms with Crippen molar-refractivity contribution >= 4 is 38.8 Å². The highest BCUT2D eigenvalue weighted by atomic mass is 79.9. The summed E-state index contributed by atoms with van der Waals surface area (Å²) in [7, 11) is 0. The maximum Gasteiger partial charge on any atom is 0.262 e. The number of carbonyl (C=O) groups excluding carboxylic acids is 1. The fourth-order valence-electron chi connectivity index (χ4n) is 3.39. The molecule has 4 rings (SSSR count). The molecule has 30 heavy (non-hydrogen) atoms. The van der Waals surface area contributed by atoms with E-state index in [1.54, 1.807) is 6.08 Å². The van der Waals surface area contributed by atoms with Crippen LogP contribution in [0.3, 0.4) is 0 Å². The van der Waals surface area contributed by atoms with Crippen LogP contribution in [0.15, 0.2) is 83.1 Å². The molecule has 0 aliphatic heterocycles. The smallest absolute Gasteiger partial charge is 0.262 e. The van der Waals surface area contributed by atoms with Crippen molar-refractivity contribution in [1.82, 2.24) is 14.9 Å². The zero-order valence-corrected chi connectivity index (χ0v) is 17.7. The summed E-state index contributed by atoms with van der Waals surface area (Å²) in [6.07, 6.45) is 6.16. The zero-order valence-electron chi connectivity index (χ0n) is 16.1. The predicted molar refractivity (Wildman–Crippen MR) is 122 cm³/mol. The van der Waals surface area contributed by atoms with Crippen molar-refractivity contribution in [1.29, 1.82) is 5.26 Å². The first-order valence-corrected chi connectivity index (χ1v) is 10.3. The van der Waals surface area contributed by atoms with Gasteiger partial charge in [0, 0.05) is 45.7 Å². The van der Waals surface area contributed by atoms with E-state index in [9.17, 15) is 10.1 Å². The summed E-state index contributed by atoms with van der Waals surface area (Å²) in [6, 6.07) is 21.7. The molecule has 0 unspecified atom stereocenters. The van der Waals surface area contributed by atoms with Gasteiger partial charge in [0.2, 0.25) is 0 Å². The summed E-state index contributed by atoms with van der Waals surface area (Å²) in [5.74, 6) is -0.374. The van der Waals surface area contributed by atoms with E-state index >= 15 is 0 Å². The van der Waals surface area contributed by atoms with Crippen molar-refractivity contribution in [2.24, 2.45) is 0 Å². The molecule has 0 fully saturated rings. The largest absolute Gasteiger partial charge is 0.361 e. The number of rotatable bonds is 6. The van der Waals surface area contributed by atoms with Gasteiger partial charge in [0.25, 0.3) is 5.91 Å². The molecule has 6 heteroatoms. The van der Waals surface area contributed by atoms with E-state index < -0.39 is 0 Å². The van der Waals surface area contributed by atoms with Gasteiger partial charge in [0.05, 0.1) is 0 Å². The Hall–Kier alpha value is -3.56. The standard InChI is InChI=1S/C24H19BrN4O/c25-19-7-9-20(10-8-19)29-13-3-4-21(29)14-18(15-26)24(30)27-12-11-17-16-28-23-6-2-1-5-22(17)23/h1-10,13-14,16,28H,11-12H2,(H,27,30)/b18-14-. The molecule has 1 amide bonds. The molecule has 2 aromatic heterocycles. The van der Waals surface area contributed by atoms with Crippen LogP contribution in [0.25, 0.3) is 22.7 Å². The number of hydrogen-bond acceptors (Lipinski definition) is 2. The summed E-state index contributed by atoms with van der Waals surface area (Å²) in [6.45, 7) is 0.452. The summed E-state index contributed by atoms with van der Waals surface area (Å²) >= 11 is 3.43. The third-order valence-electron chi connectivity index (χ3n) is 4.90. The number of aromatic amines is 1. The second kappa shape index (κ2) is 8.85. The minimum absolute atomic E-state index is 0.0750.